The number of thioether (sulfide) groups is 1. The van der Waals surface area contributed by atoms with Gasteiger partial charge in [-0.25, -0.2) is 4.98 Å². The van der Waals surface area contributed by atoms with Crippen molar-refractivity contribution in [3.63, 3.8) is 0 Å². The number of imidazole rings is 1. The number of hydrogen-bond donors (Lipinski definition) is 1. The molecule has 1 N–H and O–H groups in total. The summed E-state index contributed by atoms with van der Waals surface area (Å²) in [5, 5.41) is 0.964. The van der Waals surface area contributed by atoms with Crippen molar-refractivity contribution in [3.8, 4) is 0 Å². The quantitative estimate of drug-likeness (QED) is 0.443. The summed E-state index contributed by atoms with van der Waals surface area (Å²) in [6, 6.07) is 14.7. The lowest BCUT2D eigenvalue weighted by Gasteiger charge is -1.99. The van der Waals surface area contributed by atoms with Crippen LogP contribution < -0.4 is 0 Å². The van der Waals surface area contributed by atoms with Crippen LogP contribution in [0, 0.1) is 3.57 Å². The molecule has 2 aromatic carbocycles. The van der Waals surface area contributed by atoms with E-state index in [0.29, 0.717) is 0 Å². The number of halogens is 2. The molecule has 96 valence electrons. The number of aromatic nitrogens is 2. The average Bonchev–Trinajstić information content (AvgIpc) is 2.80. The van der Waals surface area contributed by atoms with Crippen molar-refractivity contribution in [2.45, 2.75) is 10.9 Å². The van der Waals surface area contributed by atoms with Crippen LogP contribution in [0.2, 0.25) is 0 Å². The molecule has 0 aliphatic heterocycles. The van der Waals surface area contributed by atoms with Gasteiger partial charge in [-0.2, -0.15) is 0 Å². The lowest BCUT2D eigenvalue weighted by atomic mass is 10.2. The molecule has 0 saturated carbocycles. The number of fused-ring (bicyclic) bond motifs is 1. The van der Waals surface area contributed by atoms with Crippen LogP contribution in [0.15, 0.2) is 52.1 Å². The molecule has 0 bridgehead atoms. The molecule has 0 spiro atoms. The van der Waals surface area contributed by atoms with Crippen LogP contribution in [0.25, 0.3) is 11.0 Å². The molecule has 0 radical (unpaired) electrons. The summed E-state index contributed by atoms with van der Waals surface area (Å²) in [4.78, 5) is 7.91. The number of benzene rings is 2. The Bertz CT molecular complexity index is 709. The Balaban J connectivity index is 1.76. The van der Waals surface area contributed by atoms with Gasteiger partial charge in [0.05, 0.1) is 11.0 Å². The number of nitrogens with zero attached hydrogens (tertiary/aromatic N) is 1. The maximum atomic E-state index is 4.57. The third-order valence-corrected chi connectivity index (χ3v) is 4.87. The Morgan fingerprint density at radius 1 is 1.16 bits per heavy atom. The smallest absolute Gasteiger partial charge is 0.166 e. The first-order valence-corrected chi connectivity index (χ1v) is 8.59. The third-order valence-electron chi connectivity index (χ3n) is 2.71. The molecule has 5 heteroatoms. The number of hydrogen-bond acceptors (Lipinski definition) is 2. The molecule has 0 unspecified atom stereocenters. The number of nitrogens with one attached hydrogen (secondary N) is 1. The van der Waals surface area contributed by atoms with Crippen molar-refractivity contribution in [1.29, 1.82) is 0 Å². The van der Waals surface area contributed by atoms with Crippen molar-refractivity contribution >= 4 is 61.3 Å². The minimum absolute atomic E-state index is 0.928. The van der Waals surface area contributed by atoms with Crippen LogP contribution in [-0.2, 0) is 5.75 Å². The first kappa shape index (κ1) is 13.5. The predicted molar refractivity (Wildman–Crippen MR) is 92.5 cm³/mol. The molecule has 19 heavy (non-hydrogen) atoms. The van der Waals surface area contributed by atoms with Gasteiger partial charge in [0.15, 0.2) is 5.16 Å². The first-order chi connectivity index (χ1) is 9.20. The molecule has 1 heterocycles. The molecule has 1 aromatic heterocycles. The molecule has 0 atom stereocenters. The van der Waals surface area contributed by atoms with E-state index < -0.39 is 0 Å². The summed E-state index contributed by atoms with van der Waals surface area (Å²) in [7, 11) is 0. The zero-order valence-corrected chi connectivity index (χ0v) is 14.4. The standard InChI is InChI=1S/C14H10BrIN2S/c15-10-3-6-12-13(7-10)18-14(17-12)19-8-9-1-4-11(16)5-2-9/h1-7H,8H2,(H,17,18). The van der Waals surface area contributed by atoms with Crippen LogP contribution >= 0.6 is 50.3 Å². The summed E-state index contributed by atoms with van der Waals surface area (Å²) in [5.74, 6) is 0.928. The maximum absolute atomic E-state index is 4.57. The lowest BCUT2D eigenvalue weighted by molar-refractivity contribution is 1.08. The van der Waals surface area contributed by atoms with Crippen molar-refractivity contribution in [2.75, 3.05) is 0 Å². The fourth-order valence-corrected chi connectivity index (χ4v) is 3.32. The molecule has 0 aliphatic carbocycles. The van der Waals surface area contributed by atoms with Gasteiger partial charge in [-0.3, -0.25) is 0 Å². The highest BCUT2D eigenvalue weighted by molar-refractivity contribution is 14.1. The molecule has 0 fully saturated rings. The molecular formula is C14H10BrIN2S. The van der Waals surface area contributed by atoms with Crippen LogP contribution in [0.5, 0.6) is 0 Å². The van der Waals surface area contributed by atoms with E-state index in [9.17, 15) is 0 Å². The Hall–Kier alpha value is -0.530. The first-order valence-electron chi connectivity index (χ1n) is 5.73. The van der Waals surface area contributed by atoms with Gasteiger partial charge in [0.2, 0.25) is 0 Å². The Kier molecular flexibility index (Phi) is 4.14. The Labute approximate surface area is 137 Å². The van der Waals surface area contributed by atoms with Crippen LogP contribution in [-0.4, -0.2) is 9.97 Å². The highest BCUT2D eigenvalue weighted by Gasteiger charge is 2.04. The fraction of sp³-hybridized carbons (Fsp3) is 0.0714. The minimum atomic E-state index is 0.928. The maximum Gasteiger partial charge on any atom is 0.166 e. The molecular weight excluding hydrogens is 435 g/mol. The van der Waals surface area contributed by atoms with Gasteiger partial charge in [-0.1, -0.05) is 39.8 Å². The summed E-state index contributed by atoms with van der Waals surface area (Å²) in [6.07, 6.45) is 0. The van der Waals surface area contributed by atoms with Crippen molar-refractivity contribution < 1.29 is 0 Å². The summed E-state index contributed by atoms with van der Waals surface area (Å²) >= 11 is 7.51. The van der Waals surface area contributed by atoms with Crippen LogP contribution in [0.3, 0.4) is 0 Å². The molecule has 3 aromatic rings. The van der Waals surface area contributed by atoms with E-state index in [1.54, 1.807) is 11.8 Å². The van der Waals surface area contributed by atoms with Gasteiger partial charge in [0, 0.05) is 13.8 Å². The van der Waals surface area contributed by atoms with Crippen molar-refractivity contribution in [2.24, 2.45) is 0 Å². The molecule has 2 nitrogen and oxygen atoms in total. The predicted octanol–water partition coefficient (Wildman–Crippen LogP) is 5.22. The highest BCUT2D eigenvalue weighted by atomic mass is 127. The van der Waals surface area contributed by atoms with E-state index >= 15 is 0 Å². The minimum Gasteiger partial charge on any atom is -0.333 e. The second-order valence-electron chi connectivity index (χ2n) is 4.12. The lowest BCUT2D eigenvalue weighted by Crippen LogP contribution is -1.82. The van der Waals surface area contributed by atoms with E-state index in [1.807, 2.05) is 12.1 Å². The topological polar surface area (TPSA) is 28.7 Å². The SMILES string of the molecule is Brc1ccc2nc(SCc3ccc(I)cc3)[nH]c2c1. The van der Waals surface area contributed by atoms with Gasteiger partial charge >= 0.3 is 0 Å². The van der Waals surface area contributed by atoms with E-state index in [2.05, 4.69) is 78.8 Å². The Morgan fingerprint density at radius 2 is 1.95 bits per heavy atom. The second kappa shape index (κ2) is 5.85. The molecule has 3 rings (SSSR count). The van der Waals surface area contributed by atoms with Crippen LogP contribution in [0.1, 0.15) is 5.56 Å². The Morgan fingerprint density at radius 3 is 2.74 bits per heavy atom. The molecule has 0 aliphatic rings. The van der Waals surface area contributed by atoms with Gasteiger partial charge in [0.25, 0.3) is 0 Å². The highest BCUT2D eigenvalue weighted by Crippen LogP contribution is 2.25. The largest absolute Gasteiger partial charge is 0.333 e. The van der Waals surface area contributed by atoms with Gasteiger partial charge in [-0.15, -0.1) is 0 Å². The van der Waals surface area contributed by atoms with E-state index in [-0.39, 0.29) is 0 Å². The molecule has 0 amide bonds. The van der Waals surface area contributed by atoms with E-state index in [4.69, 9.17) is 0 Å². The summed E-state index contributed by atoms with van der Waals surface area (Å²) in [5.41, 5.74) is 3.39. The molecule has 0 saturated heterocycles. The monoisotopic (exact) mass is 444 g/mol. The fourth-order valence-electron chi connectivity index (χ4n) is 1.76. The van der Waals surface area contributed by atoms with Crippen molar-refractivity contribution in [1.82, 2.24) is 9.97 Å². The second-order valence-corrected chi connectivity index (χ2v) is 7.24. The normalized spacial score (nSPS) is 11.1. The number of rotatable bonds is 3. The van der Waals surface area contributed by atoms with Gasteiger partial charge < -0.3 is 4.98 Å². The summed E-state index contributed by atoms with van der Waals surface area (Å²) < 4.78 is 2.33. The van der Waals surface area contributed by atoms with E-state index in [1.165, 1.54) is 9.13 Å². The van der Waals surface area contributed by atoms with Gasteiger partial charge in [0.1, 0.15) is 0 Å². The zero-order valence-electron chi connectivity index (χ0n) is 9.86. The number of H-pyrrole nitrogens is 1. The summed E-state index contributed by atoms with van der Waals surface area (Å²) in [6.45, 7) is 0. The van der Waals surface area contributed by atoms with Gasteiger partial charge in [-0.05, 0) is 58.5 Å². The van der Waals surface area contributed by atoms with E-state index in [0.717, 1.165) is 26.4 Å². The third kappa shape index (κ3) is 3.32. The van der Waals surface area contributed by atoms with Crippen molar-refractivity contribution in [3.05, 3.63) is 56.1 Å². The van der Waals surface area contributed by atoms with Crippen LogP contribution in [0.4, 0.5) is 0 Å². The number of aromatic amines is 1. The zero-order chi connectivity index (χ0) is 13.2. The average molecular weight is 445 g/mol.